The quantitative estimate of drug-likeness (QED) is 0.616. The Kier molecular flexibility index (Phi) is 1.99. The van der Waals surface area contributed by atoms with Crippen LogP contribution in [-0.4, -0.2) is 21.1 Å². The van der Waals surface area contributed by atoms with E-state index in [4.69, 9.17) is 0 Å². The van der Waals surface area contributed by atoms with Crippen LogP contribution in [0.5, 0.6) is 0 Å². The average Bonchev–Trinajstić information content (AvgIpc) is 2.42. The van der Waals surface area contributed by atoms with Gasteiger partial charge in [0.15, 0.2) is 0 Å². The summed E-state index contributed by atoms with van der Waals surface area (Å²) in [5.41, 5.74) is 3.07. The van der Waals surface area contributed by atoms with Crippen molar-refractivity contribution >= 4 is 17.5 Å². The first-order chi connectivity index (χ1) is 6.52. The second-order valence-electron chi connectivity index (χ2n) is 3.41. The molecule has 1 aromatic rings. The van der Waals surface area contributed by atoms with Crippen LogP contribution in [0.2, 0.25) is 0 Å². The standard InChI is InChI=1S/C9H12N3OS/c1-5-6(2)11(4)14-9-8(5)10-7(3)12(9)13/h1-4H3/q-1. The third-order valence-corrected chi connectivity index (χ3v) is 3.63. The molecule has 0 aliphatic carbocycles. The van der Waals surface area contributed by atoms with Gasteiger partial charge < -0.3 is 14.2 Å². The van der Waals surface area contributed by atoms with E-state index in [0.717, 1.165) is 21.7 Å². The maximum absolute atomic E-state index is 11.6. The molecule has 4 nitrogen and oxygen atoms in total. The van der Waals surface area contributed by atoms with Gasteiger partial charge in [0.05, 0.1) is 0 Å². The minimum atomic E-state index is 0.518. The van der Waals surface area contributed by atoms with Gasteiger partial charge in [-0.2, -0.15) is 0 Å². The fourth-order valence-corrected chi connectivity index (χ4v) is 2.45. The summed E-state index contributed by atoms with van der Waals surface area (Å²) >= 11 is 1.43. The van der Waals surface area contributed by atoms with Gasteiger partial charge >= 0.3 is 0 Å². The Hall–Kier alpha value is -1.10. The van der Waals surface area contributed by atoms with Crippen LogP contribution < -0.4 is 0 Å². The molecular formula is C9H12N3OS-. The SMILES string of the molecule is CC1=C(C)N(C)Sc2c1nc(C)n2[O-]. The topological polar surface area (TPSA) is 44.1 Å². The van der Waals surface area contributed by atoms with Crippen molar-refractivity contribution in [2.45, 2.75) is 25.8 Å². The Morgan fingerprint density at radius 3 is 2.57 bits per heavy atom. The molecule has 0 radical (unpaired) electrons. The lowest BCUT2D eigenvalue weighted by atomic mass is 10.2. The summed E-state index contributed by atoms with van der Waals surface area (Å²) < 4.78 is 2.89. The molecule has 1 aliphatic rings. The second-order valence-corrected chi connectivity index (χ2v) is 4.52. The second kappa shape index (κ2) is 2.95. The maximum Gasteiger partial charge on any atom is 0.119 e. The molecular weight excluding hydrogens is 198 g/mol. The monoisotopic (exact) mass is 210 g/mol. The summed E-state index contributed by atoms with van der Waals surface area (Å²) in [6, 6.07) is 0. The molecule has 2 heterocycles. The zero-order chi connectivity index (χ0) is 10.5. The number of fused-ring (bicyclic) bond motifs is 1. The highest BCUT2D eigenvalue weighted by atomic mass is 32.2. The lowest BCUT2D eigenvalue weighted by Crippen LogP contribution is -2.13. The normalized spacial score (nSPS) is 16.1. The van der Waals surface area contributed by atoms with E-state index in [2.05, 4.69) is 4.98 Å². The van der Waals surface area contributed by atoms with E-state index < -0.39 is 0 Å². The molecule has 0 unspecified atom stereocenters. The van der Waals surface area contributed by atoms with E-state index in [9.17, 15) is 5.21 Å². The first-order valence-electron chi connectivity index (χ1n) is 4.38. The fourth-order valence-electron chi connectivity index (χ4n) is 1.43. The molecule has 0 bridgehead atoms. The molecule has 0 atom stereocenters. The zero-order valence-corrected chi connectivity index (χ0v) is 9.47. The minimum Gasteiger partial charge on any atom is -0.804 e. The Balaban J connectivity index is 2.65. The Bertz CT molecular complexity index is 422. The van der Waals surface area contributed by atoms with Gasteiger partial charge in [0.1, 0.15) is 16.5 Å². The number of rotatable bonds is 0. The van der Waals surface area contributed by atoms with Crippen LogP contribution >= 0.6 is 11.9 Å². The molecule has 5 heteroatoms. The van der Waals surface area contributed by atoms with Crippen LogP contribution in [0.1, 0.15) is 25.4 Å². The van der Waals surface area contributed by atoms with Gasteiger partial charge in [0.2, 0.25) is 0 Å². The first kappa shape index (κ1) is 9.45. The van der Waals surface area contributed by atoms with Gasteiger partial charge in [-0.1, -0.05) is 0 Å². The van der Waals surface area contributed by atoms with Crippen LogP contribution in [0.15, 0.2) is 10.7 Å². The zero-order valence-electron chi connectivity index (χ0n) is 8.66. The number of imidazole rings is 1. The molecule has 0 saturated carbocycles. The van der Waals surface area contributed by atoms with Crippen molar-refractivity contribution in [1.29, 1.82) is 0 Å². The molecule has 0 fully saturated rings. The number of nitrogens with zero attached hydrogens (tertiary/aromatic N) is 3. The van der Waals surface area contributed by atoms with Crippen molar-refractivity contribution in [2.75, 3.05) is 7.05 Å². The maximum atomic E-state index is 11.6. The highest BCUT2D eigenvalue weighted by Gasteiger charge is 2.22. The number of hydrogen-bond donors (Lipinski definition) is 0. The molecule has 0 amide bonds. The minimum absolute atomic E-state index is 0.518. The number of allylic oxidation sites excluding steroid dienone is 2. The predicted molar refractivity (Wildman–Crippen MR) is 57.6 cm³/mol. The molecule has 1 aromatic heterocycles. The smallest absolute Gasteiger partial charge is 0.119 e. The largest absolute Gasteiger partial charge is 0.804 e. The third kappa shape index (κ3) is 1.12. The molecule has 14 heavy (non-hydrogen) atoms. The van der Waals surface area contributed by atoms with Gasteiger partial charge in [0.25, 0.3) is 0 Å². The molecule has 1 aliphatic heterocycles. The highest BCUT2D eigenvalue weighted by molar-refractivity contribution is 7.97. The Morgan fingerprint density at radius 1 is 1.29 bits per heavy atom. The summed E-state index contributed by atoms with van der Waals surface area (Å²) in [6.45, 7) is 5.76. The fraction of sp³-hybridized carbons (Fsp3) is 0.444. The van der Waals surface area contributed by atoms with Crippen LogP contribution in [0.25, 0.3) is 5.57 Å². The van der Waals surface area contributed by atoms with Crippen LogP contribution in [0.4, 0.5) is 0 Å². The first-order valence-corrected chi connectivity index (χ1v) is 5.16. The van der Waals surface area contributed by atoms with Crippen LogP contribution in [0.3, 0.4) is 0 Å². The van der Waals surface area contributed by atoms with E-state index in [1.54, 1.807) is 6.92 Å². The Labute approximate surface area is 87.3 Å². The lowest BCUT2D eigenvalue weighted by molar-refractivity contribution is 0.689. The number of hydrogen-bond acceptors (Lipinski definition) is 4. The summed E-state index contributed by atoms with van der Waals surface area (Å²) in [6.07, 6.45) is 0. The van der Waals surface area contributed by atoms with Crippen LogP contribution in [0, 0.1) is 12.1 Å². The Morgan fingerprint density at radius 2 is 1.93 bits per heavy atom. The summed E-state index contributed by atoms with van der Waals surface area (Å²) in [5.74, 6) is 0.518. The predicted octanol–water partition coefficient (Wildman–Crippen LogP) is 2.24. The molecule has 2 rings (SSSR count). The van der Waals surface area contributed by atoms with Crippen molar-refractivity contribution in [3.05, 3.63) is 22.4 Å². The van der Waals surface area contributed by atoms with Crippen molar-refractivity contribution < 1.29 is 0 Å². The molecule has 76 valence electrons. The lowest BCUT2D eigenvalue weighted by Gasteiger charge is -2.27. The van der Waals surface area contributed by atoms with Gasteiger partial charge in [-0.25, -0.2) is 4.98 Å². The van der Waals surface area contributed by atoms with Crippen molar-refractivity contribution in [1.82, 2.24) is 14.0 Å². The molecule has 0 aromatic carbocycles. The van der Waals surface area contributed by atoms with Crippen molar-refractivity contribution in [2.24, 2.45) is 0 Å². The summed E-state index contributed by atoms with van der Waals surface area (Å²) in [4.78, 5) is 4.26. The van der Waals surface area contributed by atoms with Gasteiger partial charge in [-0.05, 0) is 26.3 Å². The highest BCUT2D eigenvalue weighted by Crippen LogP contribution is 2.39. The molecule has 0 saturated heterocycles. The van der Waals surface area contributed by atoms with E-state index >= 15 is 0 Å². The molecule has 0 spiro atoms. The van der Waals surface area contributed by atoms with E-state index in [0.29, 0.717) is 10.9 Å². The summed E-state index contributed by atoms with van der Waals surface area (Å²) in [5, 5.41) is 12.3. The van der Waals surface area contributed by atoms with E-state index in [1.807, 2.05) is 25.2 Å². The van der Waals surface area contributed by atoms with Gasteiger partial charge in [-0.15, -0.1) is 0 Å². The van der Waals surface area contributed by atoms with Crippen molar-refractivity contribution in [3.8, 4) is 0 Å². The van der Waals surface area contributed by atoms with Crippen LogP contribution in [-0.2, 0) is 0 Å². The third-order valence-electron chi connectivity index (χ3n) is 2.55. The average molecular weight is 210 g/mol. The summed E-state index contributed by atoms with van der Waals surface area (Å²) in [7, 11) is 1.95. The van der Waals surface area contributed by atoms with E-state index in [1.165, 1.54) is 11.9 Å². The van der Waals surface area contributed by atoms with Crippen molar-refractivity contribution in [3.63, 3.8) is 0 Å². The number of aryl methyl sites for hydroxylation is 1. The van der Waals surface area contributed by atoms with Gasteiger partial charge in [-0.3, -0.25) is 0 Å². The number of aromatic nitrogens is 2. The van der Waals surface area contributed by atoms with E-state index in [-0.39, 0.29) is 0 Å². The molecule has 0 N–H and O–H groups in total. The van der Waals surface area contributed by atoms with Gasteiger partial charge in [0, 0.05) is 24.7 Å².